The van der Waals surface area contributed by atoms with Gasteiger partial charge in [0.2, 0.25) is 0 Å². The van der Waals surface area contributed by atoms with Gasteiger partial charge in [0.25, 0.3) is 0 Å². The van der Waals surface area contributed by atoms with E-state index in [0.29, 0.717) is 13.0 Å². The molecule has 0 saturated heterocycles. The molecule has 0 aliphatic carbocycles. The van der Waals surface area contributed by atoms with Crippen LogP contribution in [0.4, 0.5) is 0 Å². The number of carbonyl (C=O) groups is 1. The first-order chi connectivity index (χ1) is 10.6. The van der Waals surface area contributed by atoms with E-state index in [4.69, 9.17) is 4.74 Å². The van der Waals surface area contributed by atoms with Crippen LogP contribution < -0.4 is 0 Å². The number of rotatable bonds is 7. The van der Waals surface area contributed by atoms with Crippen LogP contribution in [0.2, 0.25) is 0 Å². The summed E-state index contributed by atoms with van der Waals surface area (Å²) in [6.07, 6.45) is 0.361. The molecule has 4 heteroatoms. The minimum absolute atomic E-state index is 0.156. The molecule has 2 rings (SSSR count). The zero-order valence-electron chi connectivity index (χ0n) is 12.8. The Hall–Kier alpha value is -1.39. The van der Waals surface area contributed by atoms with Crippen LogP contribution in [0.1, 0.15) is 20.3 Å². The van der Waals surface area contributed by atoms with Gasteiger partial charge in [-0.25, -0.2) is 0 Å². The maximum absolute atomic E-state index is 12.0. The van der Waals surface area contributed by atoms with E-state index in [1.165, 1.54) is 0 Å². The van der Waals surface area contributed by atoms with Gasteiger partial charge in [0.15, 0.2) is 0 Å². The molecule has 0 N–H and O–H groups in total. The van der Waals surface area contributed by atoms with Gasteiger partial charge in [-0.2, -0.15) is 0 Å². The Morgan fingerprint density at radius 3 is 1.82 bits per heavy atom. The SMILES string of the molecule is CCOC(=O)CC(C)(Sc1ccccc1)Sc1ccccc1. The van der Waals surface area contributed by atoms with Crippen molar-refractivity contribution in [1.82, 2.24) is 0 Å². The predicted molar refractivity (Wildman–Crippen MR) is 94.3 cm³/mol. The normalized spacial score (nSPS) is 11.2. The summed E-state index contributed by atoms with van der Waals surface area (Å²) in [5.74, 6) is -0.156. The maximum atomic E-state index is 12.0. The van der Waals surface area contributed by atoms with Crippen LogP contribution in [0.5, 0.6) is 0 Å². The Kier molecular flexibility index (Phi) is 6.40. The lowest BCUT2D eigenvalue weighted by molar-refractivity contribution is -0.143. The minimum Gasteiger partial charge on any atom is -0.466 e. The Labute approximate surface area is 140 Å². The van der Waals surface area contributed by atoms with Crippen LogP contribution in [0, 0.1) is 0 Å². The zero-order chi connectivity index (χ0) is 15.8. The number of hydrogen-bond donors (Lipinski definition) is 0. The van der Waals surface area contributed by atoms with E-state index >= 15 is 0 Å². The van der Waals surface area contributed by atoms with Crippen molar-refractivity contribution in [3.05, 3.63) is 60.7 Å². The zero-order valence-corrected chi connectivity index (χ0v) is 14.5. The lowest BCUT2D eigenvalue weighted by atomic mass is 10.3. The number of hydrogen-bond acceptors (Lipinski definition) is 4. The molecule has 0 atom stereocenters. The Balaban J connectivity index is 2.17. The molecule has 0 spiro atoms. The second kappa shape index (κ2) is 8.30. The average molecular weight is 332 g/mol. The van der Waals surface area contributed by atoms with Crippen molar-refractivity contribution < 1.29 is 9.53 Å². The predicted octanol–water partition coefficient (Wildman–Crippen LogP) is 5.24. The third-order valence-electron chi connectivity index (χ3n) is 2.92. The van der Waals surface area contributed by atoms with Gasteiger partial charge in [-0.05, 0) is 38.1 Å². The first-order valence-electron chi connectivity index (χ1n) is 7.25. The van der Waals surface area contributed by atoms with Crippen molar-refractivity contribution in [2.45, 2.75) is 34.1 Å². The van der Waals surface area contributed by atoms with Crippen molar-refractivity contribution >= 4 is 29.5 Å². The van der Waals surface area contributed by atoms with Crippen molar-refractivity contribution in [3.63, 3.8) is 0 Å². The Morgan fingerprint density at radius 1 is 0.955 bits per heavy atom. The number of carbonyl (C=O) groups excluding carboxylic acids is 1. The van der Waals surface area contributed by atoms with Gasteiger partial charge >= 0.3 is 5.97 Å². The van der Waals surface area contributed by atoms with Crippen LogP contribution in [-0.2, 0) is 9.53 Å². The first-order valence-corrected chi connectivity index (χ1v) is 8.88. The standard InChI is InChI=1S/C18H20O2S2/c1-3-20-17(19)14-18(2,21-15-10-6-4-7-11-15)22-16-12-8-5-9-13-16/h4-13H,3,14H2,1-2H3. The molecule has 2 aromatic rings. The molecule has 2 aromatic carbocycles. The van der Waals surface area contributed by atoms with E-state index < -0.39 is 0 Å². The fourth-order valence-corrected chi connectivity index (χ4v) is 4.75. The summed E-state index contributed by atoms with van der Waals surface area (Å²) in [6.45, 7) is 4.35. The summed E-state index contributed by atoms with van der Waals surface area (Å²) < 4.78 is 4.84. The maximum Gasteiger partial charge on any atom is 0.308 e. The molecular weight excluding hydrogens is 312 g/mol. The third kappa shape index (κ3) is 5.43. The smallest absolute Gasteiger partial charge is 0.308 e. The first kappa shape index (κ1) is 17.0. The third-order valence-corrected chi connectivity index (χ3v) is 5.59. The summed E-state index contributed by atoms with van der Waals surface area (Å²) >= 11 is 3.40. The highest BCUT2D eigenvalue weighted by molar-refractivity contribution is 8.18. The molecule has 0 aromatic heterocycles. The van der Waals surface area contributed by atoms with E-state index in [-0.39, 0.29) is 10.0 Å². The van der Waals surface area contributed by atoms with Crippen LogP contribution in [0.15, 0.2) is 70.5 Å². The van der Waals surface area contributed by atoms with Crippen LogP contribution >= 0.6 is 23.5 Å². The summed E-state index contributed by atoms with van der Waals surface area (Å²) in [5.41, 5.74) is 0. The van der Waals surface area contributed by atoms with Gasteiger partial charge in [0.1, 0.15) is 0 Å². The number of esters is 1. The molecule has 0 amide bonds. The molecule has 0 aliphatic rings. The van der Waals surface area contributed by atoms with E-state index in [1.807, 2.05) is 43.3 Å². The van der Waals surface area contributed by atoms with E-state index in [2.05, 4.69) is 31.2 Å². The van der Waals surface area contributed by atoms with E-state index in [0.717, 1.165) is 9.79 Å². The molecule has 2 nitrogen and oxygen atoms in total. The highest BCUT2D eigenvalue weighted by Gasteiger charge is 2.31. The average Bonchev–Trinajstić information content (AvgIpc) is 2.49. The van der Waals surface area contributed by atoms with Crippen molar-refractivity contribution in [3.8, 4) is 0 Å². The topological polar surface area (TPSA) is 26.3 Å². The molecule has 0 fully saturated rings. The minimum atomic E-state index is -0.311. The van der Waals surface area contributed by atoms with E-state index in [9.17, 15) is 4.79 Å². The number of ether oxygens (including phenoxy) is 1. The fourth-order valence-electron chi connectivity index (χ4n) is 2.04. The summed E-state index contributed by atoms with van der Waals surface area (Å²) in [4.78, 5) is 14.3. The molecule has 0 radical (unpaired) electrons. The lowest BCUT2D eigenvalue weighted by Gasteiger charge is -2.27. The van der Waals surface area contributed by atoms with Crippen LogP contribution in [0.3, 0.4) is 0 Å². The van der Waals surface area contributed by atoms with Crippen molar-refractivity contribution in [2.24, 2.45) is 0 Å². The molecule has 0 unspecified atom stereocenters. The molecule has 0 bridgehead atoms. The summed E-state index contributed by atoms with van der Waals surface area (Å²) in [7, 11) is 0. The molecule has 0 aliphatic heterocycles. The van der Waals surface area contributed by atoms with Gasteiger partial charge in [-0.15, -0.1) is 23.5 Å². The second-order valence-corrected chi connectivity index (χ2v) is 8.36. The molecule has 0 heterocycles. The second-order valence-electron chi connectivity index (χ2n) is 4.95. The highest BCUT2D eigenvalue weighted by atomic mass is 32.2. The van der Waals surface area contributed by atoms with Gasteiger partial charge in [-0.3, -0.25) is 4.79 Å². The van der Waals surface area contributed by atoms with Gasteiger partial charge in [0.05, 0.1) is 17.1 Å². The molecule has 0 saturated carbocycles. The molecule has 116 valence electrons. The van der Waals surface area contributed by atoms with Crippen LogP contribution in [-0.4, -0.2) is 16.7 Å². The quantitative estimate of drug-likeness (QED) is 0.393. The number of thioether (sulfide) groups is 2. The van der Waals surface area contributed by atoms with Crippen molar-refractivity contribution in [2.75, 3.05) is 6.61 Å². The highest BCUT2D eigenvalue weighted by Crippen LogP contribution is 2.47. The van der Waals surface area contributed by atoms with Crippen molar-refractivity contribution in [1.29, 1.82) is 0 Å². The van der Waals surface area contributed by atoms with E-state index in [1.54, 1.807) is 23.5 Å². The summed E-state index contributed by atoms with van der Waals surface area (Å²) in [5, 5.41) is 0. The summed E-state index contributed by atoms with van der Waals surface area (Å²) in [6, 6.07) is 20.3. The fraction of sp³-hybridized carbons (Fsp3) is 0.278. The largest absolute Gasteiger partial charge is 0.466 e. The lowest BCUT2D eigenvalue weighted by Crippen LogP contribution is -2.22. The Bertz CT molecular complexity index is 543. The van der Waals surface area contributed by atoms with Gasteiger partial charge in [0, 0.05) is 9.79 Å². The monoisotopic (exact) mass is 332 g/mol. The Morgan fingerprint density at radius 2 is 1.41 bits per heavy atom. The van der Waals surface area contributed by atoms with Gasteiger partial charge < -0.3 is 4.74 Å². The molecular formula is C18H20O2S2. The van der Waals surface area contributed by atoms with Crippen LogP contribution in [0.25, 0.3) is 0 Å². The van der Waals surface area contributed by atoms with Gasteiger partial charge in [-0.1, -0.05) is 36.4 Å². The number of benzene rings is 2. The molecule has 22 heavy (non-hydrogen) atoms.